The van der Waals surface area contributed by atoms with Gasteiger partial charge < -0.3 is 20.6 Å². The van der Waals surface area contributed by atoms with E-state index in [1.807, 2.05) is 0 Å². The number of hydrogen-bond acceptors (Lipinski definition) is 4. The van der Waals surface area contributed by atoms with Gasteiger partial charge in [-0.1, -0.05) is 296 Å². The van der Waals surface area contributed by atoms with Crippen molar-refractivity contribution in [1.82, 2.24) is 5.32 Å². The van der Waals surface area contributed by atoms with Crippen molar-refractivity contribution in [2.75, 3.05) is 6.61 Å². The quantitative estimate of drug-likeness (QED) is 0.0362. The summed E-state index contributed by atoms with van der Waals surface area (Å²) in [5, 5.41) is 33.6. The Morgan fingerprint density at radius 1 is 0.371 bits per heavy atom. The number of nitrogens with one attached hydrogen (secondary N) is 1. The zero-order valence-electron chi connectivity index (χ0n) is 42.3. The van der Waals surface area contributed by atoms with Crippen LogP contribution in [0, 0.1) is 0 Å². The number of carbonyl (C=O) groups is 1. The van der Waals surface area contributed by atoms with Crippen molar-refractivity contribution in [3.8, 4) is 0 Å². The normalized spacial score (nSPS) is 13.3. The van der Waals surface area contributed by atoms with Gasteiger partial charge in [0.2, 0.25) is 5.91 Å². The van der Waals surface area contributed by atoms with Crippen LogP contribution in [-0.2, 0) is 4.79 Å². The Labute approximate surface area is 389 Å². The van der Waals surface area contributed by atoms with E-state index in [9.17, 15) is 20.1 Å². The maximum absolute atomic E-state index is 12.6. The van der Waals surface area contributed by atoms with Crippen LogP contribution in [0.2, 0.25) is 0 Å². The summed E-state index contributed by atoms with van der Waals surface area (Å²) >= 11 is 0. The molecule has 0 saturated carbocycles. The van der Waals surface area contributed by atoms with Crippen molar-refractivity contribution in [3.05, 3.63) is 12.2 Å². The molecule has 1 amide bonds. The lowest BCUT2D eigenvalue weighted by atomic mass is 10.0. The molecule has 0 rings (SSSR count). The number of allylic oxidation sites excluding steroid dienone is 2. The molecule has 0 aromatic carbocycles. The molecule has 0 aromatic rings. The summed E-state index contributed by atoms with van der Waals surface area (Å²) in [7, 11) is 0. The van der Waals surface area contributed by atoms with E-state index in [0.29, 0.717) is 12.8 Å². The largest absolute Gasteiger partial charge is 0.394 e. The highest BCUT2D eigenvalue weighted by Gasteiger charge is 2.23. The SMILES string of the molecule is CCCCCCCCCCCCCC/C=C\CCCCCCCCCC(O)C(=O)NC(CO)C(O)CCCCCCCCCCCCCCCCCCCCCCCCCCC. The van der Waals surface area contributed by atoms with Crippen LogP contribution in [-0.4, -0.2) is 46.1 Å². The average molecular weight is 877 g/mol. The summed E-state index contributed by atoms with van der Waals surface area (Å²) in [6.07, 6.45) is 65.4. The van der Waals surface area contributed by atoms with Gasteiger partial charge in [-0.05, 0) is 38.5 Å². The molecule has 0 radical (unpaired) electrons. The fourth-order valence-corrected chi connectivity index (χ4v) is 9.19. The number of hydrogen-bond donors (Lipinski definition) is 4. The van der Waals surface area contributed by atoms with Crippen LogP contribution in [0.3, 0.4) is 0 Å². The molecule has 0 fully saturated rings. The van der Waals surface area contributed by atoms with Crippen LogP contribution in [0.15, 0.2) is 12.2 Å². The molecule has 0 heterocycles. The molecule has 0 aliphatic heterocycles. The molecule has 3 atom stereocenters. The van der Waals surface area contributed by atoms with Gasteiger partial charge in [0, 0.05) is 0 Å². The maximum Gasteiger partial charge on any atom is 0.249 e. The van der Waals surface area contributed by atoms with Crippen LogP contribution in [0.25, 0.3) is 0 Å². The van der Waals surface area contributed by atoms with Gasteiger partial charge in [-0.25, -0.2) is 0 Å². The first-order valence-electron chi connectivity index (χ1n) is 28.5. The van der Waals surface area contributed by atoms with E-state index < -0.39 is 24.2 Å². The molecule has 370 valence electrons. The molecule has 0 bridgehead atoms. The molecule has 0 aliphatic rings. The Hall–Kier alpha value is -0.910. The van der Waals surface area contributed by atoms with E-state index in [-0.39, 0.29) is 6.61 Å². The summed E-state index contributed by atoms with van der Waals surface area (Å²) in [6.45, 7) is 4.27. The van der Waals surface area contributed by atoms with Gasteiger partial charge in [0.15, 0.2) is 0 Å². The maximum atomic E-state index is 12.6. The van der Waals surface area contributed by atoms with Crippen molar-refractivity contribution >= 4 is 5.91 Å². The van der Waals surface area contributed by atoms with Gasteiger partial charge in [0.1, 0.15) is 6.10 Å². The molecule has 62 heavy (non-hydrogen) atoms. The third-order valence-electron chi connectivity index (χ3n) is 13.6. The molecule has 4 N–H and O–H groups in total. The number of unbranched alkanes of at least 4 members (excludes halogenated alkanes) is 43. The van der Waals surface area contributed by atoms with E-state index in [1.165, 1.54) is 263 Å². The second-order valence-electron chi connectivity index (χ2n) is 19.9. The predicted octanol–water partition coefficient (Wildman–Crippen LogP) is 17.5. The first kappa shape index (κ1) is 61.1. The van der Waals surface area contributed by atoms with Gasteiger partial charge in [0.25, 0.3) is 0 Å². The van der Waals surface area contributed by atoms with E-state index in [0.717, 1.165) is 32.1 Å². The lowest BCUT2D eigenvalue weighted by Crippen LogP contribution is -2.49. The summed E-state index contributed by atoms with van der Waals surface area (Å²) in [4.78, 5) is 12.6. The Kier molecular flexibility index (Phi) is 51.9. The van der Waals surface area contributed by atoms with E-state index >= 15 is 0 Å². The van der Waals surface area contributed by atoms with E-state index in [1.54, 1.807) is 0 Å². The molecule has 0 saturated heterocycles. The third-order valence-corrected chi connectivity index (χ3v) is 13.6. The van der Waals surface area contributed by atoms with Gasteiger partial charge in [-0.15, -0.1) is 0 Å². The molecular formula is C57H113NO4. The van der Waals surface area contributed by atoms with Gasteiger partial charge in [-0.2, -0.15) is 0 Å². The van der Waals surface area contributed by atoms with E-state index in [4.69, 9.17) is 0 Å². The number of aliphatic hydroxyl groups excluding tert-OH is 3. The summed E-state index contributed by atoms with van der Waals surface area (Å²) in [6, 6.07) is -0.712. The van der Waals surface area contributed by atoms with Gasteiger partial charge in [0.05, 0.1) is 18.8 Å². The summed E-state index contributed by atoms with van der Waals surface area (Å²) in [5.41, 5.74) is 0. The van der Waals surface area contributed by atoms with Crippen molar-refractivity contribution in [3.63, 3.8) is 0 Å². The third kappa shape index (κ3) is 47.1. The highest BCUT2D eigenvalue weighted by atomic mass is 16.3. The zero-order valence-corrected chi connectivity index (χ0v) is 42.3. The second kappa shape index (κ2) is 52.7. The summed E-state index contributed by atoms with van der Waals surface area (Å²) < 4.78 is 0. The first-order valence-corrected chi connectivity index (χ1v) is 28.5. The average Bonchev–Trinajstić information content (AvgIpc) is 3.28. The molecule has 0 aromatic heterocycles. The highest BCUT2D eigenvalue weighted by molar-refractivity contribution is 5.80. The number of amides is 1. The van der Waals surface area contributed by atoms with Crippen LogP contribution >= 0.6 is 0 Å². The number of rotatable bonds is 53. The zero-order chi connectivity index (χ0) is 45.1. The molecule has 0 spiro atoms. The van der Waals surface area contributed by atoms with Crippen molar-refractivity contribution < 1.29 is 20.1 Å². The highest BCUT2D eigenvalue weighted by Crippen LogP contribution is 2.18. The van der Waals surface area contributed by atoms with Gasteiger partial charge >= 0.3 is 0 Å². The Balaban J connectivity index is 3.52. The molecule has 5 nitrogen and oxygen atoms in total. The van der Waals surface area contributed by atoms with Crippen molar-refractivity contribution in [2.24, 2.45) is 0 Å². The molecular weight excluding hydrogens is 763 g/mol. The minimum absolute atomic E-state index is 0.311. The molecule has 0 aliphatic carbocycles. The first-order chi connectivity index (χ1) is 30.6. The van der Waals surface area contributed by atoms with E-state index in [2.05, 4.69) is 31.3 Å². The minimum atomic E-state index is -1.08. The molecule has 3 unspecified atom stereocenters. The van der Waals surface area contributed by atoms with Gasteiger partial charge in [-0.3, -0.25) is 4.79 Å². The smallest absolute Gasteiger partial charge is 0.249 e. The Morgan fingerprint density at radius 2 is 0.613 bits per heavy atom. The van der Waals surface area contributed by atoms with Crippen molar-refractivity contribution in [2.45, 2.75) is 340 Å². The lowest BCUT2D eigenvalue weighted by Gasteiger charge is -2.23. The molecule has 5 heteroatoms. The fourth-order valence-electron chi connectivity index (χ4n) is 9.19. The minimum Gasteiger partial charge on any atom is -0.394 e. The van der Waals surface area contributed by atoms with Crippen LogP contribution in [0.1, 0.15) is 322 Å². The standard InChI is InChI=1S/C57H113NO4/c1-3-5-7-9-11-13-15-17-19-21-23-25-27-28-30-31-33-35-37-39-41-43-45-47-49-51-55(60)54(53-59)58-57(62)56(61)52-50-48-46-44-42-40-38-36-34-32-29-26-24-22-20-18-16-14-12-10-8-6-4-2/h32,34,54-56,59-61H,3-31,33,35-53H2,1-2H3,(H,58,62)/b34-32-. The lowest BCUT2D eigenvalue weighted by molar-refractivity contribution is -0.131. The number of aliphatic hydroxyl groups is 3. The van der Waals surface area contributed by atoms with Crippen molar-refractivity contribution in [1.29, 1.82) is 0 Å². The Morgan fingerprint density at radius 3 is 0.887 bits per heavy atom. The van der Waals surface area contributed by atoms with Crippen LogP contribution < -0.4 is 5.32 Å². The number of carbonyl (C=O) groups excluding carboxylic acids is 1. The Bertz CT molecular complexity index is 879. The van der Waals surface area contributed by atoms with Crippen LogP contribution in [0.5, 0.6) is 0 Å². The second-order valence-corrected chi connectivity index (χ2v) is 19.9. The predicted molar refractivity (Wildman–Crippen MR) is 273 cm³/mol. The fraction of sp³-hybridized carbons (Fsp3) is 0.947. The topological polar surface area (TPSA) is 89.8 Å². The van der Waals surface area contributed by atoms with Crippen LogP contribution in [0.4, 0.5) is 0 Å². The summed E-state index contributed by atoms with van der Waals surface area (Å²) in [5.74, 6) is -0.468. The monoisotopic (exact) mass is 876 g/mol.